The molecule has 4 heteroatoms. The van der Waals surface area contributed by atoms with E-state index in [1.165, 1.54) is 32.8 Å². The van der Waals surface area contributed by atoms with Crippen molar-refractivity contribution in [3.05, 3.63) is 0 Å². The minimum absolute atomic E-state index is 0.134. The van der Waals surface area contributed by atoms with Gasteiger partial charge in [0.2, 0.25) is 0 Å². The van der Waals surface area contributed by atoms with E-state index >= 15 is 0 Å². The summed E-state index contributed by atoms with van der Waals surface area (Å²) >= 11 is 0. The van der Waals surface area contributed by atoms with E-state index < -0.39 is 0 Å². The van der Waals surface area contributed by atoms with Gasteiger partial charge < -0.3 is 15.0 Å². The van der Waals surface area contributed by atoms with E-state index in [2.05, 4.69) is 24.1 Å². The highest BCUT2D eigenvalue weighted by molar-refractivity contribution is 5.76. The minimum Gasteiger partial charge on any atom is -0.468 e. The van der Waals surface area contributed by atoms with Gasteiger partial charge in [-0.05, 0) is 37.5 Å². The van der Waals surface area contributed by atoms with Crippen LogP contribution in [0, 0.1) is 11.8 Å². The van der Waals surface area contributed by atoms with Crippen molar-refractivity contribution in [2.24, 2.45) is 11.8 Å². The Morgan fingerprint density at radius 2 is 1.74 bits per heavy atom. The highest BCUT2D eigenvalue weighted by Crippen LogP contribution is 2.33. The Bertz CT molecular complexity index is 285. The molecule has 1 unspecified atom stereocenters. The van der Waals surface area contributed by atoms with E-state index in [0.717, 1.165) is 31.5 Å². The highest BCUT2D eigenvalue weighted by atomic mass is 16.5. The second kappa shape index (κ2) is 6.71. The lowest BCUT2D eigenvalue weighted by molar-refractivity contribution is -0.143. The first-order valence-electron chi connectivity index (χ1n) is 7.64. The molecule has 2 rings (SSSR count). The van der Waals surface area contributed by atoms with Crippen molar-refractivity contribution in [2.75, 3.05) is 26.7 Å². The summed E-state index contributed by atoms with van der Waals surface area (Å²) in [6.45, 7) is 7.25. The first kappa shape index (κ1) is 14.8. The van der Waals surface area contributed by atoms with Gasteiger partial charge in [0.05, 0.1) is 7.11 Å². The van der Waals surface area contributed by atoms with Crippen molar-refractivity contribution in [1.29, 1.82) is 0 Å². The fourth-order valence-electron chi connectivity index (χ4n) is 2.55. The molecule has 2 aliphatic carbocycles. The van der Waals surface area contributed by atoms with Crippen molar-refractivity contribution in [2.45, 2.75) is 51.6 Å². The Kier molecular flexibility index (Phi) is 5.22. The van der Waals surface area contributed by atoms with Crippen LogP contribution in [0.4, 0.5) is 0 Å². The van der Waals surface area contributed by atoms with Gasteiger partial charge in [0, 0.05) is 25.7 Å². The van der Waals surface area contributed by atoms with Crippen LogP contribution in [0.2, 0.25) is 0 Å². The number of ether oxygens (including phenoxy) is 1. The molecule has 0 amide bonds. The molecule has 0 aromatic rings. The monoisotopic (exact) mass is 268 g/mol. The molecule has 0 aromatic carbocycles. The third kappa shape index (κ3) is 5.49. The third-order valence-electron chi connectivity index (χ3n) is 3.89. The van der Waals surface area contributed by atoms with E-state index in [1.807, 2.05) is 0 Å². The molecule has 0 bridgehead atoms. The van der Waals surface area contributed by atoms with Crippen molar-refractivity contribution < 1.29 is 9.53 Å². The first-order valence-corrected chi connectivity index (χ1v) is 7.64. The molecule has 19 heavy (non-hydrogen) atoms. The summed E-state index contributed by atoms with van der Waals surface area (Å²) in [6, 6.07) is 0.107. The maximum absolute atomic E-state index is 11.9. The molecule has 0 spiro atoms. The van der Waals surface area contributed by atoms with Gasteiger partial charge in [0.25, 0.3) is 0 Å². The van der Waals surface area contributed by atoms with Crippen molar-refractivity contribution in [1.82, 2.24) is 10.2 Å². The van der Waals surface area contributed by atoms with Crippen LogP contribution in [0.5, 0.6) is 0 Å². The molecule has 2 aliphatic rings. The van der Waals surface area contributed by atoms with Gasteiger partial charge in [-0.15, -0.1) is 0 Å². The zero-order chi connectivity index (χ0) is 13.8. The summed E-state index contributed by atoms with van der Waals surface area (Å²) in [6.07, 6.45) is 5.45. The fraction of sp³-hybridized carbons (Fsp3) is 0.933. The Labute approximate surface area is 116 Å². The number of hydrogen-bond donors (Lipinski definition) is 1. The lowest BCUT2D eigenvalue weighted by atomic mass is 10.2. The quantitative estimate of drug-likeness (QED) is 0.646. The number of hydrogen-bond acceptors (Lipinski definition) is 4. The average Bonchev–Trinajstić information content (AvgIpc) is 3.22. The van der Waals surface area contributed by atoms with Gasteiger partial charge >= 0.3 is 5.97 Å². The number of carbonyl (C=O) groups excluding carboxylic acids is 1. The summed E-state index contributed by atoms with van der Waals surface area (Å²) in [7, 11) is 1.48. The molecular weight excluding hydrogens is 240 g/mol. The van der Waals surface area contributed by atoms with Gasteiger partial charge in [0.1, 0.15) is 6.04 Å². The SMILES string of the molecule is COC(=O)C(CN(CC1CC1)CC1CC1)NC(C)C. The maximum Gasteiger partial charge on any atom is 0.324 e. The van der Waals surface area contributed by atoms with Crippen LogP contribution in [0.1, 0.15) is 39.5 Å². The first-order chi connectivity index (χ1) is 9.08. The molecule has 0 radical (unpaired) electrons. The molecule has 2 fully saturated rings. The maximum atomic E-state index is 11.9. The minimum atomic E-state index is -0.192. The summed E-state index contributed by atoms with van der Waals surface area (Å²) in [5.41, 5.74) is 0. The third-order valence-corrected chi connectivity index (χ3v) is 3.89. The topological polar surface area (TPSA) is 41.6 Å². The van der Waals surface area contributed by atoms with Crippen LogP contribution in [-0.2, 0) is 9.53 Å². The summed E-state index contributed by atoms with van der Waals surface area (Å²) in [4.78, 5) is 14.4. The highest BCUT2D eigenvalue weighted by Gasteiger charge is 2.32. The zero-order valence-corrected chi connectivity index (χ0v) is 12.5. The molecule has 1 N–H and O–H groups in total. The van der Waals surface area contributed by atoms with E-state index in [9.17, 15) is 4.79 Å². The molecule has 4 nitrogen and oxygen atoms in total. The molecule has 0 saturated heterocycles. The van der Waals surface area contributed by atoms with Crippen LogP contribution < -0.4 is 5.32 Å². The van der Waals surface area contributed by atoms with Gasteiger partial charge in [-0.2, -0.15) is 0 Å². The molecule has 0 aliphatic heterocycles. The van der Waals surface area contributed by atoms with Crippen LogP contribution in [-0.4, -0.2) is 49.7 Å². The lowest BCUT2D eigenvalue weighted by Crippen LogP contribution is -2.49. The largest absolute Gasteiger partial charge is 0.468 e. The number of rotatable bonds is 9. The fourth-order valence-corrected chi connectivity index (χ4v) is 2.55. The normalized spacial score (nSPS) is 20.9. The van der Waals surface area contributed by atoms with E-state index in [1.54, 1.807) is 0 Å². The second-order valence-electron chi connectivity index (χ2n) is 6.50. The summed E-state index contributed by atoms with van der Waals surface area (Å²) in [5.74, 6) is 1.61. The van der Waals surface area contributed by atoms with E-state index in [0.29, 0.717) is 6.04 Å². The van der Waals surface area contributed by atoms with E-state index in [-0.39, 0.29) is 12.0 Å². The summed E-state index contributed by atoms with van der Waals surface area (Å²) in [5, 5.41) is 3.33. The summed E-state index contributed by atoms with van der Waals surface area (Å²) < 4.78 is 4.93. The zero-order valence-electron chi connectivity index (χ0n) is 12.5. The molecule has 1 atom stereocenters. The van der Waals surface area contributed by atoms with E-state index in [4.69, 9.17) is 4.74 Å². The number of carbonyl (C=O) groups is 1. The second-order valence-corrected chi connectivity index (χ2v) is 6.50. The molecule has 0 aromatic heterocycles. The molecule has 0 heterocycles. The Morgan fingerprint density at radius 1 is 1.21 bits per heavy atom. The van der Waals surface area contributed by atoms with Gasteiger partial charge in [-0.1, -0.05) is 13.8 Å². The molecule has 2 saturated carbocycles. The Balaban J connectivity index is 1.87. The predicted octanol–water partition coefficient (Wildman–Crippen LogP) is 1.65. The van der Waals surface area contributed by atoms with Crippen LogP contribution in [0.3, 0.4) is 0 Å². The van der Waals surface area contributed by atoms with Crippen molar-refractivity contribution >= 4 is 5.97 Å². The number of nitrogens with zero attached hydrogens (tertiary/aromatic N) is 1. The standard InChI is InChI=1S/C15H28N2O2/c1-11(2)16-14(15(18)19-3)10-17(8-12-4-5-12)9-13-6-7-13/h11-14,16H,4-10H2,1-3H3. The molecule has 110 valence electrons. The number of esters is 1. The molecular formula is C15H28N2O2. The lowest BCUT2D eigenvalue weighted by Gasteiger charge is -2.28. The van der Waals surface area contributed by atoms with Crippen molar-refractivity contribution in [3.8, 4) is 0 Å². The smallest absolute Gasteiger partial charge is 0.324 e. The number of methoxy groups -OCH3 is 1. The Hall–Kier alpha value is -0.610. The van der Waals surface area contributed by atoms with Crippen LogP contribution in [0.25, 0.3) is 0 Å². The average molecular weight is 268 g/mol. The van der Waals surface area contributed by atoms with Crippen LogP contribution >= 0.6 is 0 Å². The van der Waals surface area contributed by atoms with Crippen LogP contribution in [0.15, 0.2) is 0 Å². The predicted molar refractivity (Wildman–Crippen MR) is 76.0 cm³/mol. The van der Waals surface area contributed by atoms with Gasteiger partial charge in [-0.3, -0.25) is 4.79 Å². The number of nitrogens with one attached hydrogen (secondary N) is 1. The van der Waals surface area contributed by atoms with Gasteiger partial charge in [-0.25, -0.2) is 0 Å². The Morgan fingerprint density at radius 3 is 2.11 bits per heavy atom. The van der Waals surface area contributed by atoms with Gasteiger partial charge in [0.15, 0.2) is 0 Å². The van der Waals surface area contributed by atoms with Crippen molar-refractivity contribution in [3.63, 3.8) is 0 Å².